The molecule has 1 N–H and O–H groups in total. The molecule has 1 aliphatic rings. The van der Waals surface area contributed by atoms with Crippen molar-refractivity contribution < 1.29 is 18.9 Å². The van der Waals surface area contributed by atoms with Crippen LogP contribution in [0.3, 0.4) is 0 Å². The molecule has 2 heterocycles. The molecule has 1 saturated heterocycles. The number of non-ortho nitro benzene ring substituents is 1. The normalized spacial score (nSPS) is 17.0. The quantitative estimate of drug-likeness (QED) is 0.480. The number of nitro groups is 1. The van der Waals surface area contributed by atoms with Crippen molar-refractivity contribution in [2.45, 2.75) is 13.0 Å². The summed E-state index contributed by atoms with van der Waals surface area (Å²) in [7, 11) is 0. The van der Waals surface area contributed by atoms with Crippen molar-refractivity contribution in [3.63, 3.8) is 0 Å². The second-order valence-corrected chi connectivity index (χ2v) is 5.84. The molecule has 9 heteroatoms. The van der Waals surface area contributed by atoms with Gasteiger partial charge in [0.2, 0.25) is 11.8 Å². The maximum atomic E-state index is 12.2. The summed E-state index contributed by atoms with van der Waals surface area (Å²) in [4.78, 5) is 36.0. The molecule has 134 valence electrons. The third kappa shape index (κ3) is 4.12. The lowest BCUT2D eigenvalue weighted by molar-refractivity contribution is -0.384. The number of likely N-dealkylation sites (tertiary alicyclic amines) is 1. The Morgan fingerprint density at radius 1 is 1.42 bits per heavy atom. The number of carbonyl (C=O) groups is 2. The fourth-order valence-corrected chi connectivity index (χ4v) is 2.67. The van der Waals surface area contributed by atoms with Crippen molar-refractivity contribution in [1.82, 2.24) is 10.3 Å². The van der Waals surface area contributed by atoms with Crippen molar-refractivity contribution in [2.24, 2.45) is 11.0 Å². The number of hydrogen-bond donors (Lipinski definition) is 1. The highest BCUT2D eigenvalue weighted by Crippen LogP contribution is 2.20. The molecule has 2 amide bonds. The molecule has 0 spiro atoms. The maximum Gasteiger partial charge on any atom is 0.270 e. The van der Waals surface area contributed by atoms with E-state index in [0.717, 1.165) is 0 Å². The second-order valence-electron chi connectivity index (χ2n) is 5.84. The zero-order valence-corrected chi connectivity index (χ0v) is 13.7. The second kappa shape index (κ2) is 7.60. The van der Waals surface area contributed by atoms with Crippen LogP contribution in [0.1, 0.15) is 17.7 Å². The van der Waals surface area contributed by atoms with Gasteiger partial charge in [-0.05, 0) is 12.1 Å². The lowest BCUT2D eigenvalue weighted by atomic mass is 10.1. The zero-order valence-electron chi connectivity index (χ0n) is 13.7. The van der Waals surface area contributed by atoms with E-state index < -0.39 is 10.8 Å². The van der Waals surface area contributed by atoms with E-state index in [9.17, 15) is 19.7 Å². The summed E-state index contributed by atoms with van der Waals surface area (Å²) in [5.74, 6) is -0.339. The van der Waals surface area contributed by atoms with Crippen molar-refractivity contribution in [3.05, 3.63) is 64.1 Å². The van der Waals surface area contributed by atoms with Gasteiger partial charge in [0.15, 0.2) is 0 Å². The van der Waals surface area contributed by atoms with Crippen LogP contribution in [0.5, 0.6) is 0 Å². The summed E-state index contributed by atoms with van der Waals surface area (Å²) in [6, 6.07) is 9.39. The van der Waals surface area contributed by atoms with E-state index in [1.807, 2.05) is 0 Å². The lowest BCUT2D eigenvalue weighted by Gasteiger charge is -2.14. The Labute approximate surface area is 148 Å². The first kappa shape index (κ1) is 17.3. The van der Waals surface area contributed by atoms with Gasteiger partial charge in [0.1, 0.15) is 5.76 Å². The van der Waals surface area contributed by atoms with Gasteiger partial charge in [-0.15, -0.1) is 0 Å². The van der Waals surface area contributed by atoms with E-state index in [1.54, 1.807) is 23.1 Å². The molecule has 0 saturated carbocycles. The highest BCUT2D eigenvalue weighted by Gasteiger charge is 2.34. The highest BCUT2D eigenvalue weighted by atomic mass is 16.6. The van der Waals surface area contributed by atoms with Crippen LogP contribution in [-0.4, -0.2) is 34.4 Å². The predicted molar refractivity (Wildman–Crippen MR) is 91.1 cm³/mol. The molecule has 2 aromatic rings. The van der Waals surface area contributed by atoms with Gasteiger partial charge in [-0.1, -0.05) is 12.1 Å². The Morgan fingerprint density at radius 2 is 2.27 bits per heavy atom. The summed E-state index contributed by atoms with van der Waals surface area (Å²) in [5.41, 5.74) is 2.81. The van der Waals surface area contributed by atoms with E-state index in [4.69, 9.17) is 4.42 Å². The number of benzene rings is 1. The van der Waals surface area contributed by atoms with Gasteiger partial charge in [-0.3, -0.25) is 19.7 Å². The van der Waals surface area contributed by atoms with Crippen LogP contribution in [0.4, 0.5) is 5.69 Å². The van der Waals surface area contributed by atoms with Crippen LogP contribution in [-0.2, 0) is 16.1 Å². The number of hydrazone groups is 1. The number of nitrogens with one attached hydrogen (secondary N) is 1. The van der Waals surface area contributed by atoms with Gasteiger partial charge in [0.25, 0.3) is 5.69 Å². The summed E-state index contributed by atoms with van der Waals surface area (Å²) in [6.45, 7) is 0.615. The van der Waals surface area contributed by atoms with Crippen LogP contribution in [0, 0.1) is 16.0 Å². The van der Waals surface area contributed by atoms with Crippen molar-refractivity contribution in [2.75, 3.05) is 6.54 Å². The fourth-order valence-electron chi connectivity index (χ4n) is 2.67. The largest absolute Gasteiger partial charge is 0.467 e. The number of nitro benzene ring substituents is 1. The standard InChI is InChI=1S/C17H16N4O5/c22-16-8-13(10-20(16)11-15-5-2-6-26-15)17(23)19-18-9-12-3-1-4-14(7-12)21(24)25/h1-7,9,13H,8,10-11H2,(H,19,23)/b18-9+. The average molecular weight is 356 g/mol. The fraction of sp³-hybridized carbons (Fsp3) is 0.235. The molecule has 0 aliphatic carbocycles. The summed E-state index contributed by atoms with van der Waals surface area (Å²) >= 11 is 0. The SMILES string of the molecule is O=C(N/N=C/c1cccc([N+](=O)[O-])c1)C1CC(=O)N(Cc2ccco2)C1. The number of furan rings is 1. The van der Waals surface area contributed by atoms with E-state index in [0.29, 0.717) is 17.9 Å². The van der Waals surface area contributed by atoms with Crippen LogP contribution in [0.2, 0.25) is 0 Å². The Kier molecular flexibility index (Phi) is 5.07. The van der Waals surface area contributed by atoms with Crippen molar-refractivity contribution in [3.8, 4) is 0 Å². The highest BCUT2D eigenvalue weighted by molar-refractivity contribution is 5.90. The Hall–Kier alpha value is -3.49. The number of hydrogen-bond acceptors (Lipinski definition) is 6. The number of carbonyl (C=O) groups excluding carboxylic acids is 2. The predicted octanol–water partition coefficient (Wildman–Crippen LogP) is 1.69. The molecule has 26 heavy (non-hydrogen) atoms. The minimum Gasteiger partial charge on any atom is -0.467 e. The number of rotatable bonds is 6. The number of nitrogens with zero attached hydrogens (tertiary/aromatic N) is 3. The first-order valence-electron chi connectivity index (χ1n) is 7.90. The summed E-state index contributed by atoms with van der Waals surface area (Å²) in [5, 5.41) is 14.5. The molecule has 3 rings (SSSR count). The van der Waals surface area contributed by atoms with Gasteiger partial charge in [0, 0.05) is 30.7 Å². The van der Waals surface area contributed by atoms with Crippen LogP contribution in [0.15, 0.2) is 52.2 Å². The Balaban J connectivity index is 1.54. The molecule has 1 atom stereocenters. The van der Waals surface area contributed by atoms with Gasteiger partial charge in [-0.25, -0.2) is 5.43 Å². The molecule has 1 aliphatic heterocycles. The topological polar surface area (TPSA) is 118 Å². The van der Waals surface area contributed by atoms with Gasteiger partial charge >= 0.3 is 0 Å². The van der Waals surface area contributed by atoms with Crippen LogP contribution < -0.4 is 5.43 Å². The lowest BCUT2D eigenvalue weighted by Crippen LogP contribution is -2.30. The summed E-state index contributed by atoms with van der Waals surface area (Å²) < 4.78 is 5.21. The van der Waals surface area contributed by atoms with Gasteiger partial charge in [0.05, 0.1) is 29.9 Å². The zero-order chi connectivity index (χ0) is 18.5. The Morgan fingerprint density at radius 3 is 3.00 bits per heavy atom. The third-order valence-electron chi connectivity index (χ3n) is 3.98. The Bertz CT molecular complexity index is 847. The molecular weight excluding hydrogens is 340 g/mol. The number of amides is 2. The minimum atomic E-state index is -0.506. The van der Waals surface area contributed by atoms with E-state index in [-0.39, 0.29) is 30.5 Å². The molecule has 1 fully saturated rings. The van der Waals surface area contributed by atoms with Crippen LogP contribution in [0.25, 0.3) is 0 Å². The first-order valence-corrected chi connectivity index (χ1v) is 7.90. The monoisotopic (exact) mass is 356 g/mol. The van der Waals surface area contributed by atoms with E-state index in [1.165, 1.54) is 30.7 Å². The molecule has 0 bridgehead atoms. The first-order chi connectivity index (χ1) is 12.5. The van der Waals surface area contributed by atoms with Crippen LogP contribution >= 0.6 is 0 Å². The van der Waals surface area contributed by atoms with Crippen molar-refractivity contribution >= 4 is 23.7 Å². The van der Waals surface area contributed by atoms with E-state index >= 15 is 0 Å². The molecular formula is C17H16N4O5. The molecule has 0 radical (unpaired) electrons. The minimum absolute atomic E-state index is 0.0600. The summed E-state index contributed by atoms with van der Waals surface area (Å²) in [6.07, 6.45) is 2.96. The molecule has 9 nitrogen and oxygen atoms in total. The smallest absolute Gasteiger partial charge is 0.270 e. The van der Waals surface area contributed by atoms with E-state index in [2.05, 4.69) is 10.5 Å². The molecule has 1 aromatic heterocycles. The molecule has 1 aromatic carbocycles. The van der Waals surface area contributed by atoms with Gasteiger partial charge < -0.3 is 9.32 Å². The average Bonchev–Trinajstić information content (AvgIpc) is 3.26. The van der Waals surface area contributed by atoms with Crippen molar-refractivity contribution in [1.29, 1.82) is 0 Å². The maximum absolute atomic E-state index is 12.2. The third-order valence-corrected chi connectivity index (χ3v) is 3.98. The molecule has 1 unspecified atom stereocenters. The van der Waals surface area contributed by atoms with Gasteiger partial charge in [-0.2, -0.15) is 5.10 Å².